The van der Waals surface area contributed by atoms with E-state index in [4.69, 9.17) is 37.0 Å². The van der Waals surface area contributed by atoms with Gasteiger partial charge in [-0.1, -0.05) is 297 Å². The molecule has 6 atom stereocenters. The van der Waals surface area contributed by atoms with Crippen LogP contribution in [0.4, 0.5) is 0 Å². The van der Waals surface area contributed by atoms with E-state index in [0.717, 1.165) is 121 Å². The van der Waals surface area contributed by atoms with Crippen LogP contribution >= 0.6 is 15.6 Å². The molecular weight excluding hydrogens is 1210 g/mol. The van der Waals surface area contributed by atoms with E-state index < -0.39 is 97.5 Å². The molecule has 0 aromatic rings. The summed E-state index contributed by atoms with van der Waals surface area (Å²) in [5, 5.41) is 10.6. The lowest BCUT2D eigenvalue weighted by Crippen LogP contribution is -2.30. The second kappa shape index (κ2) is 64.5. The number of esters is 4. The van der Waals surface area contributed by atoms with E-state index >= 15 is 0 Å². The van der Waals surface area contributed by atoms with E-state index in [2.05, 4.69) is 65.8 Å². The quantitative estimate of drug-likeness (QED) is 0.0169. The number of unbranched alkanes of at least 4 members (excludes halogenated alkanes) is 36. The summed E-state index contributed by atoms with van der Waals surface area (Å²) < 4.78 is 68.3. The van der Waals surface area contributed by atoms with Gasteiger partial charge in [0, 0.05) is 25.7 Å². The van der Waals surface area contributed by atoms with E-state index in [9.17, 15) is 43.2 Å². The van der Waals surface area contributed by atoms with Gasteiger partial charge in [0.2, 0.25) is 0 Å². The minimum atomic E-state index is -4.96. The Morgan fingerprint density at radius 2 is 0.641 bits per heavy atom. The van der Waals surface area contributed by atoms with Gasteiger partial charge in [0.25, 0.3) is 0 Å². The average molecular weight is 1350 g/mol. The molecule has 0 aromatic heterocycles. The highest BCUT2D eigenvalue weighted by atomic mass is 31.2. The van der Waals surface area contributed by atoms with Crippen LogP contribution in [0, 0.1) is 11.8 Å². The van der Waals surface area contributed by atoms with E-state index in [1.165, 1.54) is 148 Å². The molecule has 0 rings (SSSR count). The number of hydrogen-bond donors (Lipinski definition) is 3. The molecule has 92 heavy (non-hydrogen) atoms. The van der Waals surface area contributed by atoms with Crippen LogP contribution in [0.1, 0.15) is 350 Å². The van der Waals surface area contributed by atoms with Crippen molar-refractivity contribution in [2.45, 2.75) is 368 Å². The lowest BCUT2D eigenvalue weighted by Gasteiger charge is -2.21. The van der Waals surface area contributed by atoms with Crippen LogP contribution < -0.4 is 0 Å². The molecule has 17 nitrogen and oxygen atoms in total. The first-order valence-electron chi connectivity index (χ1n) is 37.3. The molecule has 0 aliphatic heterocycles. The van der Waals surface area contributed by atoms with E-state index in [1.807, 2.05) is 0 Å². The number of aliphatic hydroxyl groups is 1. The predicted molar refractivity (Wildman–Crippen MR) is 372 cm³/mol. The Morgan fingerprint density at radius 3 is 0.978 bits per heavy atom. The number of ether oxygens (including phenoxy) is 4. The zero-order chi connectivity index (χ0) is 67.9. The SMILES string of the molecule is CCCCCC/C=C\C=C/CCCCCCCC(=O)O[C@H](COC(=O)CCCCCCCCCCCCCCC(C)C)COP(=O)(O)OC[C@@H](O)COP(=O)(O)OC[C@@H](COC(=O)CCCCCCCCC(C)CC)OC(=O)CCCCCCCCCCCCCC. The fourth-order valence-electron chi connectivity index (χ4n) is 10.5. The molecule has 0 radical (unpaired) electrons. The van der Waals surface area contributed by atoms with Gasteiger partial charge in [-0.2, -0.15) is 0 Å². The summed E-state index contributed by atoms with van der Waals surface area (Å²) in [5.74, 6) is -0.642. The molecule has 3 unspecified atom stereocenters. The van der Waals surface area contributed by atoms with Gasteiger partial charge in [0.05, 0.1) is 26.4 Å². The van der Waals surface area contributed by atoms with Gasteiger partial charge in [-0.25, -0.2) is 9.13 Å². The highest BCUT2D eigenvalue weighted by molar-refractivity contribution is 7.47. The van der Waals surface area contributed by atoms with Crippen LogP contribution in [0.2, 0.25) is 0 Å². The Balaban J connectivity index is 5.29. The van der Waals surface area contributed by atoms with Crippen LogP contribution in [0.25, 0.3) is 0 Å². The van der Waals surface area contributed by atoms with Crippen molar-refractivity contribution >= 4 is 39.5 Å². The smallest absolute Gasteiger partial charge is 0.462 e. The number of allylic oxidation sites excluding steroid dienone is 4. The normalized spacial score (nSPS) is 14.5. The lowest BCUT2D eigenvalue weighted by molar-refractivity contribution is -0.161. The molecule has 0 fully saturated rings. The Bertz CT molecular complexity index is 1880. The topological polar surface area (TPSA) is 237 Å². The molecule has 0 aromatic carbocycles. The van der Waals surface area contributed by atoms with Gasteiger partial charge in [0.1, 0.15) is 19.3 Å². The maximum atomic E-state index is 13.0. The van der Waals surface area contributed by atoms with Gasteiger partial charge < -0.3 is 33.8 Å². The van der Waals surface area contributed by atoms with Gasteiger partial charge in [-0.15, -0.1) is 0 Å². The van der Waals surface area contributed by atoms with E-state index in [0.29, 0.717) is 25.7 Å². The van der Waals surface area contributed by atoms with Crippen LogP contribution in [0.5, 0.6) is 0 Å². The summed E-state index contributed by atoms with van der Waals surface area (Å²) in [4.78, 5) is 72.6. The third-order valence-electron chi connectivity index (χ3n) is 16.7. The standard InChI is InChI=1S/C73H138O17P2/c1-7-10-12-14-16-18-20-22-23-24-30-34-38-46-52-58-73(78)89-68(61-83-70(75)55-49-43-36-32-29-26-25-27-31-35-41-47-53-65(4)5)63-87-91(79,80)85-59-67(74)60-86-92(81,82)88-64-69(62-84-71(76)56-50-44-40-39-42-48-54-66(6)9-3)90-72(77)57-51-45-37-33-28-21-19-17-15-13-11-8-2/h18,20,22-23,65-69,74H,7-17,19,21,24-64H2,1-6H3,(H,79,80)(H,81,82)/b20-18-,23-22-/t66?,67-,68-,69-/m1/s1. The molecule has 0 saturated heterocycles. The average Bonchev–Trinajstić information content (AvgIpc) is 3.67. The number of phosphoric ester groups is 2. The summed E-state index contributed by atoms with van der Waals surface area (Å²) in [6.45, 7) is 9.47. The molecule has 19 heteroatoms. The van der Waals surface area contributed by atoms with E-state index in [1.54, 1.807) is 0 Å². The van der Waals surface area contributed by atoms with Gasteiger partial charge >= 0.3 is 39.5 Å². The molecule has 3 N–H and O–H groups in total. The van der Waals surface area contributed by atoms with Gasteiger partial charge in [0.15, 0.2) is 12.2 Å². The van der Waals surface area contributed by atoms with Crippen molar-refractivity contribution in [1.29, 1.82) is 0 Å². The number of carbonyl (C=O) groups is 4. The number of carbonyl (C=O) groups excluding carboxylic acids is 4. The predicted octanol–water partition coefficient (Wildman–Crippen LogP) is 20.7. The molecule has 0 spiro atoms. The van der Waals surface area contributed by atoms with Crippen molar-refractivity contribution in [3.8, 4) is 0 Å². The molecule has 542 valence electrons. The van der Waals surface area contributed by atoms with Crippen LogP contribution in [-0.4, -0.2) is 96.7 Å². The van der Waals surface area contributed by atoms with Crippen LogP contribution in [0.15, 0.2) is 24.3 Å². The molecule has 0 amide bonds. The Kier molecular flexibility index (Phi) is 62.8. The van der Waals surface area contributed by atoms with Crippen LogP contribution in [0.3, 0.4) is 0 Å². The fourth-order valence-corrected chi connectivity index (χ4v) is 12.1. The van der Waals surface area contributed by atoms with Crippen molar-refractivity contribution in [3.05, 3.63) is 24.3 Å². The maximum absolute atomic E-state index is 13.0. The zero-order valence-electron chi connectivity index (χ0n) is 59.3. The maximum Gasteiger partial charge on any atom is 0.472 e. The second-order valence-electron chi connectivity index (χ2n) is 26.4. The summed E-state index contributed by atoms with van der Waals surface area (Å²) in [6.07, 6.45) is 53.5. The van der Waals surface area contributed by atoms with Crippen LogP contribution in [-0.2, 0) is 65.4 Å². The molecule has 0 aliphatic rings. The van der Waals surface area contributed by atoms with Crippen molar-refractivity contribution in [2.75, 3.05) is 39.6 Å². The number of hydrogen-bond acceptors (Lipinski definition) is 15. The summed E-state index contributed by atoms with van der Waals surface area (Å²) in [7, 11) is -9.92. The van der Waals surface area contributed by atoms with Crippen molar-refractivity contribution < 1.29 is 80.2 Å². The first-order valence-corrected chi connectivity index (χ1v) is 40.3. The minimum Gasteiger partial charge on any atom is -0.462 e. The highest BCUT2D eigenvalue weighted by Crippen LogP contribution is 2.45. The van der Waals surface area contributed by atoms with E-state index in [-0.39, 0.29) is 25.7 Å². The number of rotatable bonds is 70. The monoisotopic (exact) mass is 1350 g/mol. The molecule has 0 aliphatic carbocycles. The highest BCUT2D eigenvalue weighted by Gasteiger charge is 2.30. The summed E-state index contributed by atoms with van der Waals surface area (Å²) in [5.41, 5.74) is 0. The molecule has 0 saturated carbocycles. The Morgan fingerprint density at radius 1 is 0.359 bits per heavy atom. The zero-order valence-corrected chi connectivity index (χ0v) is 61.1. The third-order valence-corrected chi connectivity index (χ3v) is 18.6. The van der Waals surface area contributed by atoms with Gasteiger partial charge in [-0.05, 0) is 63.2 Å². The first-order chi connectivity index (χ1) is 44.4. The lowest BCUT2D eigenvalue weighted by atomic mass is 10.00. The molecule has 0 bridgehead atoms. The van der Waals surface area contributed by atoms with Crippen molar-refractivity contribution in [3.63, 3.8) is 0 Å². The molecular formula is C73H138O17P2. The summed E-state index contributed by atoms with van der Waals surface area (Å²) >= 11 is 0. The second-order valence-corrected chi connectivity index (χ2v) is 29.3. The summed E-state index contributed by atoms with van der Waals surface area (Å²) in [6, 6.07) is 0. The largest absolute Gasteiger partial charge is 0.472 e. The first kappa shape index (κ1) is 89.5. The van der Waals surface area contributed by atoms with Gasteiger partial charge in [-0.3, -0.25) is 37.3 Å². The molecule has 0 heterocycles. The Hall–Kier alpha value is -2.46. The van der Waals surface area contributed by atoms with Crippen molar-refractivity contribution in [1.82, 2.24) is 0 Å². The fraction of sp³-hybridized carbons (Fsp3) is 0.890. The minimum absolute atomic E-state index is 0.0849. The third kappa shape index (κ3) is 64.9. The van der Waals surface area contributed by atoms with Crippen molar-refractivity contribution in [2.24, 2.45) is 11.8 Å². The Labute approximate surface area is 561 Å². The number of phosphoric acid groups is 2. The number of aliphatic hydroxyl groups excluding tert-OH is 1.